The quantitative estimate of drug-likeness (QED) is 0.921. The predicted molar refractivity (Wildman–Crippen MR) is 77.1 cm³/mol. The fraction of sp³-hybridized carbons (Fsp3) is 0.375. The highest BCUT2D eigenvalue weighted by Crippen LogP contribution is 2.29. The summed E-state index contributed by atoms with van der Waals surface area (Å²) in [7, 11) is 0. The summed E-state index contributed by atoms with van der Waals surface area (Å²) in [6.45, 7) is 4.41. The average molecular weight is 287 g/mol. The van der Waals surface area contributed by atoms with Gasteiger partial charge in [0.15, 0.2) is 5.76 Å². The first-order valence-electron chi connectivity index (χ1n) is 6.99. The van der Waals surface area contributed by atoms with Crippen LogP contribution >= 0.6 is 0 Å². The van der Waals surface area contributed by atoms with Gasteiger partial charge in [0.2, 0.25) is 0 Å². The first-order valence-corrected chi connectivity index (χ1v) is 6.99. The summed E-state index contributed by atoms with van der Waals surface area (Å²) in [4.78, 5) is 25.3. The number of hydrogen-bond donors (Lipinski definition) is 1. The highest BCUT2D eigenvalue weighted by Gasteiger charge is 2.38. The second-order valence-electron chi connectivity index (χ2n) is 5.68. The van der Waals surface area contributed by atoms with Gasteiger partial charge in [-0.25, -0.2) is 0 Å². The van der Waals surface area contributed by atoms with E-state index in [0.29, 0.717) is 17.9 Å². The van der Waals surface area contributed by atoms with Crippen LogP contribution in [-0.2, 0) is 4.79 Å². The maximum Gasteiger partial charge on any atom is 0.308 e. The van der Waals surface area contributed by atoms with E-state index in [4.69, 9.17) is 9.52 Å². The number of carbonyl (C=O) groups is 2. The second kappa shape index (κ2) is 4.91. The van der Waals surface area contributed by atoms with E-state index in [1.807, 2.05) is 38.1 Å². The number of para-hydroxylation sites is 1. The van der Waals surface area contributed by atoms with E-state index >= 15 is 0 Å². The minimum absolute atomic E-state index is 0.0452. The van der Waals surface area contributed by atoms with Crippen molar-refractivity contribution in [3.8, 4) is 0 Å². The molecule has 2 unspecified atom stereocenters. The SMILES string of the molecule is Cc1c(C(=O)N2CC(C)C(C(=O)O)C2)oc2ccccc12. The Kier molecular flexibility index (Phi) is 3.20. The van der Waals surface area contributed by atoms with Crippen molar-refractivity contribution in [2.24, 2.45) is 11.8 Å². The van der Waals surface area contributed by atoms with E-state index in [2.05, 4.69) is 0 Å². The van der Waals surface area contributed by atoms with E-state index in [1.165, 1.54) is 0 Å². The summed E-state index contributed by atoms with van der Waals surface area (Å²) >= 11 is 0. The predicted octanol–water partition coefficient (Wildman–Crippen LogP) is 2.53. The number of hydrogen-bond acceptors (Lipinski definition) is 3. The second-order valence-corrected chi connectivity index (χ2v) is 5.68. The fourth-order valence-corrected chi connectivity index (χ4v) is 2.98. The van der Waals surface area contributed by atoms with Crippen LogP contribution < -0.4 is 0 Å². The molecule has 21 heavy (non-hydrogen) atoms. The third kappa shape index (κ3) is 2.18. The molecule has 1 aliphatic heterocycles. The van der Waals surface area contributed by atoms with Gasteiger partial charge in [0.05, 0.1) is 5.92 Å². The van der Waals surface area contributed by atoms with Crippen LogP contribution in [0.4, 0.5) is 0 Å². The van der Waals surface area contributed by atoms with E-state index < -0.39 is 11.9 Å². The first-order chi connectivity index (χ1) is 9.99. The zero-order valence-electron chi connectivity index (χ0n) is 12.0. The Labute approximate surface area is 122 Å². The molecule has 1 N–H and O–H groups in total. The van der Waals surface area contributed by atoms with Crippen molar-refractivity contribution in [3.05, 3.63) is 35.6 Å². The number of fused-ring (bicyclic) bond motifs is 1. The smallest absolute Gasteiger partial charge is 0.308 e. The lowest BCUT2D eigenvalue weighted by atomic mass is 9.99. The molecule has 110 valence electrons. The minimum atomic E-state index is -0.848. The van der Waals surface area contributed by atoms with E-state index in [1.54, 1.807) is 4.90 Å². The molecule has 2 atom stereocenters. The van der Waals surface area contributed by atoms with Crippen molar-refractivity contribution >= 4 is 22.8 Å². The molecule has 0 bridgehead atoms. The van der Waals surface area contributed by atoms with Gasteiger partial charge in [-0.05, 0) is 18.9 Å². The number of amides is 1. The Balaban J connectivity index is 1.91. The zero-order valence-corrected chi connectivity index (χ0v) is 12.0. The molecule has 0 saturated carbocycles. The maximum absolute atomic E-state index is 12.6. The summed E-state index contributed by atoms with van der Waals surface area (Å²) in [5, 5.41) is 10.1. The molecule has 0 aliphatic carbocycles. The van der Waals surface area contributed by atoms with Crippen molar-refractivity contribution in [1.29, 1.82) is 0 Å². The number of rotatable bonds is 2. The number of likely N-dealkylation sites (tertiary alicyclic amines) is 1. The van der Waals surface area contributed by atoms with Gasteiger partial charge in [-0.1, -0.05) is 25.1 Å². The summed E-state index contributed by atoms with van der Waals surface area (Å²) in [5.41, 5.74) is 1.49. The lowest BCUT2D eigenvalue weighted by molar-refractivity contribution is -0.142. The topological polar surface area (TPSA) is 70.8 Å². The lowest BCUT2D eigenvalue weighted by Crippen LogP contribution is -2.30. The van der Waals surface area contributed by atoms with Gasteiger partial charge in [-0.15, -0.1) is 0 Å². The summed E-state index contributed by atoms with van der Waals surface area (Å²) in [6.07, 6.45) is 0. The van der Waals surface area contributed by atoms with E-state index in [-0.39, 0.29) is 18.4 Å². The number of benzene rings is 1. The van der Waals surface area contributed by atoms with Gasteiger partial charge in [0, 0.05) is 24.0 Å². The van der Waals surface area contributed by atoms with Gasteiger partial charge >= 0.3 is 5.97 Å². The molecule has 1 saturated heterocycles. The molecule has 0 radical (unpaired) electrons. The Morgan fingerprint density at radius 1 is 1.29 bits per heavy atom. The number of carboxylic acids is 1. The van der Waals surface area contributed by atoms with Crippen LogP contribution in [0, 0.1) is 18.8 Å². The standard InChI is InChI=1S/C16H17NO4/c1-9-7-17(8-12(9)16(19)20)15(18)14-10(2)11-5-3-4-6-13(11)21-14/h3-6,9,12H,7-8H2,1-2H3,(H,19,20). The van der Waals surface area contributed by atoms with Gasteiger partial charge in [-0.3, -0.25) is 9.59 Å². The molecule has 1 aliphatic rings. The number of aryl methyl sites for hydroxylation is 1. The molecule has 1 fully saturated rings. The molecule has 5 nitrogen and oxygen atoms in total. The van der Waals surface area contributed by atoms with Gasteiger partial charge in [0.1, 0.15) is 5.58 Å². The van der Waals surface area contributed by atoms with Crippen LogP contribution in [-0.4, -0.2) is 35.0 Å². The molecule has 2 heterocycles. The summed E-state index contributed by atoms with van der Waals surface area (Å²) in [6, 6.07) is 7.50. The zero-order chi connectivity index (χ0) is 15.1. The van der Waals surface area contributed by atoms with Crippen molar-refractivity contribution in [1.82, 2.24) is 4.90 Å². The van der Waals surface area contributed by atoms with Crippen molar-refractivity contribution in [2.45, 2.75) is 13.8 Å². The van der Waals surface area contributed by atoms with Crippen LogP contribution in [0.3, 0.4) is 0 Å². The minimum Gasteiger partial charge on any atom is -0.481 e. The van der Waals surface area contributed by atoms with Crippen molar-refractivity contribution < 1.29 is 19.1 Å². The first kappa shape index (κ1) is 13.7. The lowest BCUT2D eigenvalue weighted by Gasteiger charge is -2.14. The maximum atomic E-state index is 12.6. The van der Waals surface area contributed by atoms with Crippen molar-refractivity contribution in [3.63, 3.8) is 0 Å². The Morgan fingerprint density at radius 3 is 2.62 bits per heavy atom. The van der Waals surface area contributed by atoms with Crippen LogP contribution in [0.25, 0.3) is 11.0 Å². The van der Waals surface area contributed by atoms with Gasteiger partial charge in [0.25, 0.3) is 5.91 Å². The van der Waals surface area contributed by atoms with Crippen LogP contribution in [0.1, 0.15) is 23.0 Å². The highest BCUT2D eigenvalue weighted by molar-refractivity contribution is 5.99. The molecule has 1 amide bonds. The molecule has 0 spiro atoms. The normalized spacial score (nSPS) is 21.9. The number of carboxylic acid groups (broad SMARTS) is 1. The molecule has 3 rings (SSSR count). The number of aliphatic carboxylic acids is 1. The number of furan rings is 1. The number of nitrogens with zero attached hydrogens (tertiary/aromatic N) is 1. The third-order valence-corrected chi connectivity index (χ3v) is 4.25. The van der Waals surface area contributed by atoms with Crippen LogP contribution in [0.2, 0.25) is 0 Å². The number of carbonyl (C=O) groups excluding carboxylic acids is 1. The molecule has 1 aromatic heterocycles. The fourth-order valence-electron chi connectivity index (χ4n) is 2.98. The Morgan fingerprint density at radius 2 is 2.00 bits per heavy atom. The van der Waals surface area contributed by atoms with E-state index in [0.717, 1.165) is 10.9 Å². The summed E-state index contributed by atoms with van der Waals surface area (Å²) < 4.78 is 5.67. The van der Waals surface area contributed by atoms with Crippen LogP contribution in [0.5, 0.6) is 0 Å². The average Bonchev–Trinajstić information content (AvgIpc) is 3.00. The summed E-state index contributed by atoms with van der Waals surface area (Å²) in [5.74, 6) is -1.30. The van der Waals surface area contributed by atoms with Crippen LogP contribution in [0.15, 0.2) is 28.7 Å². The van der Waals surface area contributed by atoms with E-state index in [9.17, 15) is 9.59 Å². The molecule has 1 aromatic carbocycles. The Hall–Kier alpha value is -2.30. The molecular formula is C16H17NO4. The monoisotopic (exact) mass is 287 g/mol. The molecule has 2 aromatic rings. The third-order valence-electron chi connectivity index (χ3n) is 4.25. The van der Waals surface area contributed by atoms with Gasteiger partial charge < -0.3 is 14.4 Å². The Bertz CT molecular complexity index is 718. The molecule has 5 heteroatoms. The largest absolute Gasteiger partial charge is 0.481 e. The highest BCUT2D eigenvalue weighted by atomic mass is 16.4. The van der Waals surface area contributed by atoms with Gasteiger partial charge in [-0.2, -0.15) is 0 Å². The molecular weight excluding hydrogens is 270 g/mol. The van der Waals surface area contributed by atoms with Crippen molar-refractivity contribution in [2.75, 3.05) is 13.1 Å².